The van der Waals surface area contributed by atoms with Crippen molar-refractivity contribution in [2.24, 2.45) is 7.05 Å². The summed E-state index contributed by atoms with van der Waals surface area (Å²) in [7, 11) is -1.87. The Labute approximate surface area is 143 Å². The smallest absolute Gasteiger partial charge is 0.251 e. The summed E-state index contributed by atoms with van der Waals surface area (Å²) >= 11 is 6.88. The molecule has 0 unspecified atom stereocenters. The SMILES string of the molecule is Cn1ccnc1[C@H](NS(=O)(=O)c1ccc(Cl)s1)c1ccccc1. The van der Waals surface area contributed by atoms with Gasteiger partial charge >= 0.3 is 0 Å². The molecule has 3 aromatic rings. The van der Waals surface area contributed by atoms with Crippen molar-refractivity contribution >= 4 is 33.0 Å². The highest BCUT2D eigenvalue weighted by molar-refractivity contribution is 7.91. The Balaban J connectivity index is 2.02. The molecule has 0 saturated carbocycles. The quantitative estimate of drug-likeness (QED) is 0.753. The number of hydrogen-bond acceptors (Lipinski definition) is 4. The minimum absolute atomic E-state index is 0.178. The molecule has 0 fully saturated rings. The van der Waals surface area contributed by atoms with Gasteiger partial charge in [0.15, 0.2) is 0 Å². The fourth-order valence-electron chi connectivity index (χ4n) is 2.23. The molecule has 0 spiro atoms. The van der Waals surface area contributed by atoms with E-state index in [1.807, 2.05) is 37.4 Å². The topological polar surface area (TPSA) is 64.0 Å². The first-order chi connectivity index (χ1) is 11.0. The van der Waals surface area contributed by atoms with E-state index in [9.17, 15) is 8.42 Å². The molecular weight excluding hydrogens is 354 g/mol. The van der Waals surface area contributed by atoms with Crippen LogP contribution in [0.25, 0.3) is 0 Å². The molecule has 2 aromatic heterocycles. The number of halogens is 1. The lowest BCUT2D eigenvalue weighted by Gasteiger charge is -2.18. The first kappa shape index (κ1) is 16.2. The fourth-order valence-corrected chi connectivity index (χ4v) is 4.91. The molecule has 3 rings (SSSR count). The lowest BCUT2D eigenvalue weighted by Crippen LogP contribution is -2.30. The number of nitrogens with zero attached hydrogens (tertiary/aromatic N) is 2. The Morgan fingerprint density at radius 1 is 1.22 bits per heavy atom. The summed E-state index contributed by atoms with van der Waals surface area (Å²) in [6, 6.07) is 11.8. The van der Waals surface area contributed by atoms with E-state index in [-0.39, 0.29) is 4.21 Å². The Morgan fingerprint density at radius 2 is 1.96 bits per heavy atom. The van der Waals surface area contributed by atoms with E-state index < -0.39 is 16.1 Å². The fraction of sp³-hybridized carbons (Fsp3) is 0.133. The molecule has 0 radical (unpaired) electrons. The third-order valence-electron chi connectivity index (χ3n) is 3.34. The van der Waals surface area contributed by atoms with E-state index >= 15 is 0 Å². The second-order valence-corrected chi connectivity index (χ2v) is 8.58. The number of sulfonamides is 1. The second-order valence-electron chi connectivity index (χ2n) is 4.92. The zero-order chi connectivity index (χ0) is 16.4. The molecular formula is C15H14ClN3O2S2. The standard InChI is InChI=1S/C15H14ClN3O2S2/c1-19-10-9-17-15(19)14(11-5-3-2-4-6-11)18-23(20,21)13-8-7-12(16)22-13/h2-10,14,18H,1H3/t14-/m1/s1. The van der Waals surface area contributed by atoms with Gasteiger partial charge in [-0.15, -0.1) is 11.3 Å². The van der Waals surface area contributed by atoms with Crippen LogP contribution in [0.3, 0.4) is 0 Å². The lowest BCUT2D eigenvalue weighted by atomic mass is 10.1. The molecule has 0 aliphatic carbocycles. The largest absolute Gasteiger partial charge is 0.336 e. The van der Waals surface area contributed by atoms with Gasteiger partial charge in [0.25, 0.3) is 10.0 Å². The molecule has 5 nitrogen and oxygen atoms in total. The van der Waals surface area contributed by atoms with Crippen LogP contribution in [0.1, 0.15) is 17.4 Å². The normalized spacial score (nSPS) is 13.1. The second kappa shape index (κ2) is 6.45. The summed E-state index contributed by atoms with van der Waals surface area (Å²) in [6.07, 6.45) is 3.42. The van der Waals surface area contributed by atoms with Gasteiger partial charge in [-0.2, -0.15) is 4.72 Å². The van der Waals surface area contributed by atoms with Gasteiger partial charge in [0, 0.05) is 19.4 Å². The van der Waals surface area contributed by atoms with E-state index in [2.05, 4.69) is 9.71 Å². The van der Waals surface area contributed by atoms with Crippen molar-refractivity contribution in [2.75, 3.05) is 0 Å². The van der Waals surface area contributed by atoms with Crippen molar-refractivity contribution < 1.29 is 8.42 Å². The van der Waals surface area contributed by atoms with Gasteiger partial charge in [-0.3, -0.25) is 0 Å². The summed E-state index contributed by atoms with van der Waals surface area (Å²) in [4.78, 5) is 4.29. The number of thiophene rings is 1. The number of aromatic nitrogens is 2. The van der Waals surface area contributed by atoms with Gasteiger partial charge in [-0.1, -0.05) is 41.9 Å². The van der Waals surface area contributed by atoms with E-state index in [4.69, 9.17) is 11.6 Å². The average molecular weight is 368 g/mol. The molecule has 1 aromatic carbocycles. The number of aryl methyl sites for hydroxylation is 1. The molecule has 0 bridgehead atoms. The highest BCUT2D eigenvalue weighted by Crippen LogP contribution is 2.28. The van der Waals surface area contributed by atoms with Crippen LogP contribution in [0.4, 0.5) is 0 Å². The van der Waals surface area contributed by atoms with Gasteiger partial charge in [0.1, 0.15) is 16.1 Å². The minimum atomic E-state index is -3.70. The van der Waals surface area contributed by atoms with Gasteiger partial charge in [0.2, 0.25) is 0 Å². The van der Waals surface area contributed by atoms with Crippen molar-refractivity contribution in [3.8, 4) is 0 Å². The maximum absolute atomic E-state index is 12.6. The highest BCUT2D eigenvalue weighted by Gasteiger charge is 2.26. The van der Waals surface area contributed by atoms with Crippen LogP contribution in [0.15, 0.2) is 59.1 Å². The summed E-state index contributed by atoms with van der Waals surface area (Å²) in [5.74, 6) is 0.613. The van der Waals surface area contributed by atoms with Gasteiger partial charge in [-0.25, -0.2) is 13.4 Å². The number of benzene rings is 1. The van der Waals surface area contributed by atoms with E-state index in [0.29, 0.717) is 10.2 Å². The third kappa shape index (κ3) is 3.48. The lowest BCUT2D eigenvalue weighted by molar-refractivity contribution is 0.565. The number of nitrogens with one attached hydrogen (secondary N) is 1. The van der Waals surface area contributed by atoms with Crippen LogP contribution in [0, 0.1) is 0 Å². The average Bonchev–Trinajstić information content (AvgIpc) is 3.15. The maximum atomic E-state index is 12.6. The number of hydrogen-bond donors (Lipinski definition) is 1. The van der Waals surface area contributed by atoms with Crippen molar-refractivity contribution in [1.29, 1.82) is 0 Å². The van der Waals surface area contributed by atoms with Gasteiger partial charge in [0.05, 0.1) is 4.34 Å². The van der Waals surface area contributed by atoms with Gasteiger partial charge in [-0.05, 0) is 17.7 Å². The Kier molecular flexibility index (Phi) is 4.54. The van der Waals surface area contributed by atoms with Crippen molar-refractivity contribution in [3.05, 3.63) is 70.6 Å². The molecule has 1 atom stereocenters. The molecule has 0 aliphatic heterocycles. The monoisotopic (exact) mass is 367 g/mol. The van der Waals surface area contributed by atoms with Crippen LogP contribution < -0.4 is 4.72 Å². The predicted molar refractivity (Wildman–Crippen MR) is 91.1 cm³/mol. The Hall–Kier alpha value is -1.67. The first-order valence-electron chi connectivity index (χ1n) is 6.77. The third-order valence-corrected chi connectivity index (χ3v) is 6.48. The zero-order valence-corrected chi connectivity index (χ0v) is 14.6. The number of rotatable bonds is 5. The van der Waals surface area contributed by atoms with Crippen LogP contribution >= 0.6 is 22.9 Å². The maximum Gasteiger partial charge on any atom is 0.251 e. The highest BCUT2D eigenvalue weighted by atomic mass is 35.5. The molecule has 120 valence electrons. The minimum Gasteiger partial charge on any atom is -0.336 e. The Morgan fingerprint density at radius 3 is 2.52 bits per heavy atom. The van der Waals surface area contributed by atoms with E-state index in [1.54, 1.807) is 23.0 Å². The molecule has 0 amide bonds. The predicted octanol–water partition coefficient (Wildman–Crippen LogP) is 3.20. The summed E-state index contributed by atoms with van der Waals surface area (Å²) in [5.41, 5.74) is 0.813. The van der Waals surface area contributed by atoms with E-state index in [1.165, 1.54) is 6.07 Å². The van der Waals surface area contributed by atoms with Gasteiger partial charge < -0.3 is 4.57 Å². The molecule has 23 heavy (non-hydrogen) atoms. The summed E-state index contributed by atoms with van der Waals surface area (Å²) in [5, 5.41) is 0. The van der Waals surface area contributed by atoms with Crippen molar-refractivity contribution in [1.82, 2.24) is 14.3 Å². The Bertz CT molecular complexity index is 904. The van der Waals surface area contributed by atoms with Crippen LogP contribution in [0.5, 0.6) is 0 Å². The van der Waals surface area contributed by atoms with Crippen molar-refractivity contribution in [2.45, 2.75) is 10.3 Å². The molecule has 0 saturated heterocycles. The van der Waals surface area contributed by atoms with Crippen LogP contribution in [-0.2, 0) is 17.1 Å². The molecule has 1 N–H and O–H groups in total. The van der Waals surface area contributed by atoms with Crippen molar-refractivity contribution in [3.63, 3.8) is 0 Å². The molecule has 8 heteroatoms. The summed E-state index contributed by atoms with van der Waals surface area (Å²) in [6.45, 7) is 0. The molecule has 2 heterocycles. The zero-order valence-electron chi connectivity index (χ0n) is 12.2. The first-order valence-corrected chi connectivity index (χ1v) is 9.45. The van der Waals surface area contributed by atoms with Crippen LogP contribution in [0.2, 0.25) is 4.34 Å². The number of imidazole rings is 1. The van der Waals surface area contributed by atoms with E-state index in [0.717, 1.165) is 16.9 Å². The van der Waals surface area contributed by atoms with Crippen LogP contribution in [-0.4, -0.2) is 18.0 Å². The molecule has 0 aliphatic rings. The summed E-state index contributed by atoms with van der Waals surface area (Å²) < 4.78 is 30.4.